The van der Waals surface area contributed by atoms with Gasteiger partial charge in [-0.3, -0.25) is 9.69 Å². The monoisotopic (exact) mass is 259 g/mol. The maximum Gasteiger partial charge on any atom is 0.239 e. The lowest BCUT2D eigenvalue weighted by Gasteiger charge is -2.35. The molecule has 1 aliphatic rings. The first-order valence-electron chi connectivity index (χ1n) is 6.44. The highest BCUT2D eigenvalue weighted by molar-refractivity contribution is 7.98. The first-order chi connectivity index (χ1) is 8.19. The van der Waals surface area contributed by atoms with Crippen molar-refractivity contribution >= 4 is 17.7 Å². The number of nitrogens with zero attached hydrogens (tertiary/aromatic N) is 2. The lowest BCUT2D eigenvalue weighted by molar-refractivity contribution is -0.134. The minimum absolute atomic E-state index is 0.134. The first kappa shape index (κ1) is 14.8. The summed E-state index contributed by atoms with van der Waals surface area (Å²) in [4.78, 5) is 16.4. The molecule has 1 aliphatic heterocycles. The van der Waals surface area contributed by atoms with Gasteiger partial charge in [-0.15, -0.1) is 0 Å². The summed E-state index contributed by atoms with van der Waals surface area (Å²) in [5.41, 5.74) is 5.91. The summed E-state index contributed by atoms with van der Waals surface area (Å²) in [5, 5.41) is 0. The number of rotatable bonds is 6. The molecule has 0 aliphatic carbocycles. The molecule has 2 N–H and O–H groups in total. The fraction of sp³-hybridized carbons (Fsp3) is 0.917. The molecule has 1 fully saturated rings. The van der Waals surface area contributed by atoms with Crippen LogP contribution < -0.4 is 5.73 Å². The number of hydrogen-bond donors (Lipinski definition) is 1. The van der Waals surface area contributed by atoms with Crippen LogP contribution in [0.3, 0.4) is 0 Å². The summed E-state index contributed by atoms with van der Waals surface area (Å²) >= 11 is 1.74. The second-order valence-corrected chi connectivity index (χ2v) is 5.54. The molecule has 17 heavy (non-hydrogen) atoms. The molecular weight excluding hydrogens is 234 g/mol. The van der Waals surface area contributed by atoms with Crippen molar-refractivity contribution in [2.75, 3.05) is 44.7 Å². The summed E-state index contributed by atoms with van der Waals surface area (Å²) < 4.78 is 0. The van der Waals surface area contributed by atoms with E-state index in [2.05, 4.69) is 11.8 Å². The van der Waals surface area contributed by atoms with Crippen LogP contribution in [0.2, 0.25) is 0 Å². The first-order valence-corrected chi connectivity index (χ1v) is 7.84. The maximum atomic E-state index is 12.0. The van der Waals surface area contributed by atoms with E-state index in [1.807, 2.05) is 11.2 Å². The fourth-order valence-corrected chi connectivity index (χ4v) is 2.60. The third-order valence-corrected chi connectivity index (χ3v) is 3.82. The third-order valence-electron chi connectivity index (χ3n) is 3.17. The number of carbonyl (C=O) groups excluding carboxylic acids is 1. The third kappa shape index (κ3) is 4.85. The van der Waals surface area contributed by atoms with Crippen LogP contribution in [0.15, 0.2) is 0 Å². The minimum atomic E-state index is -0.305. The van der Waals surface area contributed by atoms with E-state index in [9.17, 15) is 4.79 Å². The zero-order valence-electron chi connectivity index (χ0n) is 11.0. The highest BCUT2D eigenvalue weighted by Crippen LogP contribution is 2.07. The van der Waals surface area contributed by atoms with E-state index in [4.69, 9.17) is 5.73 Å². The quantitative estimate of drug-likeness (QED) is 0.760. The smallest absolute Gasteiger partial charge is 0.239 e. The molecular formula is C12H25N3OS. The lowest BCUT2D eigenvalue weighted by Crippen LogP contribution is -2.53. The second kappa shape index (κ2) is 7.95. The van der Waals surface area contributed by atoms with Gasteiger partial charge in [0.15, 0.2) is 0 Å². The van der Waals surface area contributed by atoms with Gasteiger partial charge in [-0.05, 0) is 31.4 Å². The van der Waals surface area contributed by atoms with Gasteiger partial charge in [-0.2, -0.15) is 11.8 Å². The number of amides is 1. The molecule has 1 saturated heterocycles. The normalized spacial score (nSPS) is 19.4. The van der Waals surface area contributed by atoms with Gasteiger partial charge in [0, 0.05) is 26.2 Å². The van der Waals surface area contributed by atoms with E-state index in [1.54, 1.807) is 11.8 Å². The molecule has 1 atom stereocenters. The van der Waals surface area contributed by atoms with Crippen molar-refractivity contribution in [1.29, 1.82) is 0 Å². The van der Waals surface area contributed by atoms with Crippen molar-refractivity contribution in [2.45, 2.75) is 25.8 Å². The molecule has 0 bridgehead atoms. The van der Waals surface area contributed by atoms with Crippen LogP contribution in [0.5, 0.6) is 0 Å². The van der Waals surface area contributed by atoms with Crippen LogP contribution in [0.25, 0.3) is 0 Å². The largest absolute Gasteiger partial charge is 0.339 e. The van der Waals surface area contributed by atoms with E-state index >= 15 is 0 Å². The molecule has 1 rings (SSSR count). The van der Waals surface area contributed by atoms with Gasteiger partial charge in [0.1, 0.15) is 0 Å². The van der Waals surface area contributed by atoms with Crippen LogP contribution in [-0.2, 0) is 4.79 Å². The van der Waals surface area contributed by atoms with Crippen LogP contribution in [-0.4, -0.2) is 66.5 Å². The Bertz CT molecular complexity index is 230. The molecule has 0 saturated carbocycles. The molecule has 5 heteroatoms. The molecule has 0 unspecified atom stereocenters. The topological polar surface area (TPSA) is 49.6 Å². The Morgan fingerprint density at radius 2 is 2.00 bits per heavy atom. The molecule has 0 radical (unpaired) electrons. The van der Waals surface area contributed by atoms with E-state index in [-0.39, 0.29) is 11.9 Å². The van der Waals surface area contributed by atoms with Gasteiger partial charge in [-0.1, -0.05) is 6.92 Å². The molecule has 0 aromatic carbocycles. The zero-order chi connectivity index (χ0) is 12.7. The Labute approximate surface area is 109 Å². The molecule has 1 amide bonds. The molecule has 100 valence electrons. The van der Waals surface area contributed by atoms with Gasteiger partial charge in [0.2, 0.25) is 5.91 Å². The highest BCUT2D eigenvalue weighted by Gasteiger charge is 2.24. The summed E-state index contributed by atoms with van der Waals surface area (Å²) in [5.74, 6) is 1.10. The zero-order valence-corrected chi connectivity index (χ0v) is 11.8. The molecule has 0 aromatic heterocycles. The minimum Gasteiger partial charge on any atom is -0.339 e. The standard InChI is InChI=1S/C12H25N3OS/c1-3-5-14-6-8-15(9-7-14)12(16)11(13)4-10-17-2/h11H,3-10,13H2,1-2H3/t11-/m0/s1. The van der Waals surface area contributed by atoms with Crippen LogP contribution >= 0.6 is 11.8 Å². The number of nitrogens with two attached hydrogens (primary N) is 1. The number of hydrogen-bond acceptors (Lipinski definition) is 4. The van der Waals surface area contributed by atoms with Gasteiger partial charge < -0.3 is 10.6 Å². The number of thioether (sulfide) groups is 1. The predicted molar refractivity (Wildman–Crippen MR) is 74.3 cm³/mol. The van der Waals surface area contributed by atoms with Crippen molar-refractivity contribution in [3.63, 3.8) is 0 Å². The Morgan fingerprint density at radius 3 is 2.53 bits per heavy atom. The van der Waals surface area contributed by atoms with E-state index < -0.39 is 0 Å². The lowest BCUT2D eigenvalue weighted by atomic mass is 10.2. The van der Waals surface area contributed by atoms with Gasteiger partial charge in [0.25, 0.3) is 0 Å². The van der Waals surface area contributed by atoms with Crippen molar-refractivity contribution in [2.24, 2.45) is 5.73 Å². The van der Waals surface area contributed by atoms with Crippen molar-refractivity contribution < 1.29 is 4.79 Å². The van der Waals surface area contributed by atoms with Crippen LogP contribution in [0, 0.1) is 0 Å². The maximum absolute atomic E-state index is 12.0. The van der Waals surface area contributed by atoms with Crippen LogP contribution in [0.4, 0.5) is 0 Å². The Morgan fingerprint density at radius 1 is 1.35 bits per heavy atom. The van der Waals surface area contributed by atoms with Gasteiger partial charge >= 0.3 is 0 Å². The van der Waals surface area contributed by atoms with E-state index in [0.717, 1.165) is 44.9 Å². The summed E-state index contributed by atoms with van der Waals surface area (Å²) in [6, 6.07) is -0.305. The Balaban J connectivity index is 2.30. The van der Waals surface area contributed by atoms with Crippen LogP contribution in [0.1, 0.15) is 19.8 Å². The Kier molecular flexibility index (Phi) is 6.92. The van der Waals surface area contributed by atoms with Crippen molar-refractivity contribution in [1.82, 2.24) is 9.80 Å². The number of piperazine rings is 1. The summed E-state index contributed by atoms with van der Waals surface area (Å²) in [6.45, 7) is 7.00. The summed E-state index contributed by atoms with van der Waals surface area (Å²) in [7, 11) is 0. The second-order valence-electron chi connectivity index (χ2n) is 4.55. The average molecular weight is 259 g/mol. The average Bonchev–Trinajstić information content (AvgIpc) is 2.36. The molecule has 0 spiro atoms. The number of carbonyl (C=O) groups is 1. The van der Waals surface area contributed by atoms with Gasteiger partial charge in [-0.25, -0.2) is 0 Å². The predicted octanol–water partition coefficient (Wildman–Crippen LogP) is 0.621. The molecule has 1 heterocycles. The van der Waals surface area contributed by atoms with Crippen molar-refractivity contribution in [3.05, 3.63) is 0 Å². The highest BCUT2D eigenvalue weighted by atomic mass is 32.2. The Hall–Kier alpha value is -0.260. The SMILES string of the molecule is CCCN1CCN(C(=O)[C@@H](N)CCSC)CC1. The summed E-state index contributed by atoms with van der Waals surface area (Å²) in [6.07, 6.45) is 4.01. The fourth-order valence-electron chi connectivity index (χ4n) is 2.11. The van der Waals surface area contributed by atoms with E-state index in [0.29, 0.717) is 0 Å². The van der Waals surface area contributed by atoms with Gasteiger partial charge in [0.05, 0.1) is 6.04 Å². The molecule has 4 nitrogen and oxygen atoms in total. The molecule has 0 aromatic rings. The van der Waals surface area contributed by atoms with E-state index in [1.165, 1.54) is 6.42 Å². The van der Waals surface area contributed by atoms with Crippen molar-refractivity contribution in [3.8, 4) is 0 Å².